The Morgan fingerprint density at radius 3 is 2.94 bits per heavy atom. The van der Waals surface area contributed by atoms with Gasteiger partial charge in [-0.3, -0.25) is 0 Å². The first-order chi connectivity index (χ1) is 8.66. The van der Waals surface area contributed by atoms with Crippen molar-refractivity contribution in [2.45, 2.75) is 26.3 Å². The Morgan fingerprint density at radius 2 is 2.28 bits per heavy atom. The molecule has 0 saturated heterocycles. The maximum Gasteiger partial charge on any atom is 0.0797 e. The second-order valence-corrected chi connectivity index (χ2v) is 5.72. The normalized spacial score (nSPS) is 12.6. The van der Waals surface area contributed by atoms with E-state index < -0.39 is 0 Å². The van der Waals surface area contributed by atoms with Crippen LogP contribution in [0.1, 0.15) is 29.1 Å². The molecule has 0 aliphatic rings. The molecule has 0 amide bonds. The summed E-state index contributed by atoms with van der Waals surface area (Å²) in [7, 11) is 0. The highest BCUT2D eigenvalue weighted by atomic mass is 35.5. The van der Waals surface area contributed by atoms with Gasteiger partial charge in [0.15, 0.2) is 0 Å². The fourth-order valence-corrected chi connectivity index (χ4v) is 2.84. The largest absolute Gasteiger partial charge is 0.310 e. The van der Waals surface area contributed by atoms with Crippen LogP contribution in [-0.2, 0) is 6.42 Å². The number of hydrogen-bond acceptors (Lipinski definition) is 3. The molecule has 1 aromatic carbocycles. The Bertz CT molecular complexity index is 510. The molecular formula is C14H17ClN2S. The molecule has 1 heterocycles. The zero-order valence-corrected chi connectivity index (χ0v) is 12.2. The third-order valence-corrected chi connectivity index (χ3v) is 4.23. The van der Waals surface area contributed by atoms with Crippen molar-refractivity contribution >= 4 is 22.9 Å². The minimum atomic E-state index is 0.317. The first-order valence-corrected chi connectivity index (χ1v) is 7.30. The van der Waals surface area contributed by atoms with Gasteiger partial charge in [-0.15, -0.1) is 11.3 Å². The molecule has 0 aliphatic heterocycles. The first-order valence-electron chi connectivity index (χ1n) is 6.04. The van der Waals surface area contributed by atoms with Crippen molar-refractivity contribution < 1.29 is 0 Å². The van der Waals surface area contributed by atoms with E-state index in [2.05, 4.69) is 30.2 Å². The van der Waals surface area contributed by atoms with E-state index in [1.165, 1.54) is 10.4 Å². The van der Waals surface area contributed by atoms with Gasteiger partial charge in [0.25, 0.3) is 0 Å². The molecule has 1 aromatic heterocycles. The lowest BCUT2D eigenvalue weighted by Gasteiger charge is -2.14. The van der Waals surface area contributed by atoms with Crippen LogP contribution in [0.2, 0.25) is 5.02 Å². The fourth-order valence-electron chi connectivity index (χ4n) is 1.86. The van der Waals surface area contributed by atoms with Crippen LogP contribution in [0, 0.1) is 6.92 Å². The summed E-state index contributed by atoms with van der Waals surface area (Å²) in [5.41, 5.74) is 4.28. The maximum atomic E-state index is 5.99. The van der Waals surface area contributed by atoms with E-state index in [-0.39, 0.29) is 0 Å². The smallest absolute Gasteiger partial charge is 0.0797 e. The Balaban J connectivity index is 1.85. The number of thiazole rings is 1. The number of nitrogens with one attached hydrogen (secondary N) is 1. The van der Waals surface area contributed by atoms with E-state index in [0.29, 0.717) is 6.04 Å². The molecular weight excluding hydrogens is 264 g/mol. The van der Waals surface area contributed by atoms with Crippen LogP contribution in [-0.4, -0.2) is 11.5 Å². The van der Waals surface area contributed by atoms with Gasteiger partial charge in [-0.25, -0.2) is 4.98 Å². The van der Waals surface area contributed by atoms with Crippen LogP contribution in [0.4, 0.5) is 0 Å². The summed E-state index contributed by atoms with van der Waals surface area (Å²) in [6, 6.07) is 8.32. The molecule has 18 heavy (non-hydrogen) atoms. The lowest BCUT2D eigenvalue weighted by molar-refractivity contribution is 0.578. The van der Waals surface area contributed by atoms with Crippen molar-refractivity contribution in [1.82, 2.24) is 10.3 Å². The van der Waals surface area contributed by atoms with E-state index in [1.807, 2.05) is 23.7 Å². The summed E-state index contributed by atoms with van der Waals surface area (Å²) in [5.74, 6) is 0. The van der Waals surface area contributed by atoms with E-state index in [9.17, 15) is 0 Å². The standard InChI is InChI=1S/C14H17ClN2S/c1-10(12-4-3-5-13(15)8-12)16-7-6-14-11(2)17-9-18-14/h3-5,8-10,16H,6-7H2,1-2H3/t10-/m1/s1. The molecule has 0 spiro atoms. The number of hydrogen-bond donors (Lipinski definition) is 1. The number of aromatic nitrogens is 1. The van der Waals surface area contributed by atoms with Crippen LogP contribution in [0.15, 0.2) is 29.8 Å². The zero-order chi connectivity index (χ0) is 13.0. The van der Waals surface area contributed by atoms with Gasteiger partial charge in [-0.2, -0.15) is 0 Å². The van der Waals surface area contributed by atoms with E-state index in [1.54, 1.807) is 11.3 Å². The van der Waals surface area contributed by atoms with Gasteiger partial charge in [-0.1, -0.05) is 23.7 Å². The van der Waals surface area contributed by atoms with Crippen LogP contribution in [0.3, 0.4) is 0 Å². The minimum Gasteiger partial charge on any atom is -0.310 e. The third kappa shape index (κ3) is 3.55. The molecule has 0 fully saturated rings. The summed E-state index contributed by atoms with van der Waals surface area (Å²) < 4.78 is 0. The predicted molar refractivity (Wildman–Crippen MR) is 78.4 cm³/mol. The molecule has 4 heteroatoms. The molecule has 0 aliphatic carbocycles. The summed E-state index contributed by atoms with van der Waals surface area (Å²) in [6.45, 7) is 5.17. The lowest BCUT2D eigenvalue weighted by atomic mass is 10.1. The zero-order valence-electron chi connectivity index (χ0n) is 10.6. The topological polar surface area (TPSA) is 24.9 Å². The van der Waals surface area contributed by atoms with Crippen molar-refractivity contribution in [1.29, 1.82) is 0 Å². The van der Waals surface area contributed by atoms with Crippen LogP contribution in [0.25, 0.3) is 0 Å². The molecule has 2 aromatic rings. The molecule has 0 saturated carbocycles. The summed E-state index contributed by atoms with van der Waals surface area (Å²) >= 11 is 7.72. The fraction of sp³-hybridized carbons (Fsp3) is 0.357. The van der Waals surface area contributed by atoms with Crippen molar-refractivity contribution in [3.05, 3.63) is 50.9 Å². The number of nitrogens with zero attached hydrogens (tertiary/aromatic N) is 1. The molecule has 1 atom stereocenters. The van der Waals surface area contributed by atoms with Gasteiger partial charge in [-0.05, 0) is 38.0 Å². The molecule has 2 nitrogen and oxygen atoms in total. The molecule has 0 bridgehead atoms. The van der Waals surface area contributed by atoms with E-state index in [4.69, 9.17) is 11.6 Å². The maximum absolute atomic E-state index is 5.99. The van der Waals surface area contributed by atoms with Crippen LogP contribution in [0.5, 0.6) is 0 Å². The average molecular weight is 281 g/mol. The number of halogens is 1. The molecule has 2 rings (SSSR count). The number of aryl methyl sites for hydroxylation is 1. The highest BCUT2D eigenvalue weighted by Crippen LogP contribution is 2.18. The van der Waals surface area contributed by atoms with Gasteiger partial charge in [0.05, 0.1) is 11.2 Å². The Morgan fingerprint density at radius 1 is 1.44 bits per heavy atom. The third-order valence-electron chi connectivity index (χ3n) is 3.00. The number of benzene rings is 1. The summed E-state index contributed by atoms with van der Waals surface area (Å²) in [6.07, 6.45) is 1.03. The quantitative estimate of drug-likeness (QED) is 0.895. The molecule has 0 radical (unpaired) electrons. The van der Waals surface area contributed by atoms with Gasteiger partial charge < -0.3 is 5.32 Å². The Hall–Kier alpha value is -0.900. The minimum absolute atomic E-state index is 0.317. The first kappa shape index (κ1) is 13.5. The summed E-state index contributed by atoms with van der Waals surface area (Å²) in [4.78, 5) is 5.62. The van der Waals surface area contributed by atoms with Crippen molar-refractivity contribution in [3.63, 3.8) is 0 Å². The van der Waals surface area contributed by atoms with Gasteiger partial charge in [0, 0.05) is 22.5 Å². The Kier molecular flexibility index (Phi) is 4.75. The van der Waals surface area contributed by atoms with Crippen LogP contribution < -0.4 is 5.32 Å². The second-order valence-electron chi connectivity index (χ2n) is 4.34. The summed E-state index contributed by atoms with van der Waals surface area (Å²) in [5, 5.41) is 4.30. The van der Waals surface area contributed by atoms with E-state index in [0.717, 1.165) is 23.7 Å². The molecule has 0 unspecified atom stereocenters. The van der Waals surface area contributed by atoms with Crippen molar-refractivity contribution in [3.8, 4) is 0 Å². The van der Waals surface area contributed by atoms with E-state index >= 15 is 0 Å². The van der Waals surface area contributed by atoms with Gasteiger partial charge in [0.1, 0.15) is 0 Å². The molecule has 96 valence electrons. The second kappa shape index (κ2) is 6.32. The average Bonchev–Trinajstić information content (AvgIpc) is 2.75. The SMILES string of the molecule is Cc1ncsc1CCN[C@H](C)c1cccc(Cl)c1. The Labute approximate surface area is 117 Å². The van der Waals surface area contributed by atoms with Gasteiger partial charge >= 0.3 is 0 Å². The van der Waals surface area contributed by atoms with Gasteiger partial charge in [0.2, 0.25) is 0 Å². The van der Waals surface area contributed by atoms with Crippen molar-refractivity contribution in [2.24, 2.45) is 0 Å². The highest BCUT2D eigenvalue weighted by molar-refractivity contribution is 7.09. The molecule has 1 N–H and O–H groups in total. The number of rotatable bonds is 5. The predicted octanol–water partition coefficient (Wildman–Crippen LogP) is 4.00. The monoisotopic (exact) mass is 280 g/mol. The van der Waals surface area contributed by atoms with Crippen molar-refractivity contribution in [2.75, 3.05) is 6.54 Å². The highest BCUT2D eigenvalue weighted by Gasteiger charge is 2.06. The van der Waals surface area contributed by atoms with Crippen LogP contribution >= 0.6 is 22.9 Å². The lowest BCUT2D eigenvalue weighted by Crippen LogP contribution is -2.21.